The average Bonchev–Trinajstić information content (AvgIpc) is 2.79. The summed E-state index contributed by atoms with van der Waals surface area (Å²) in [5, 5.41) is 3.63. The van der Waals surface area contributed by atoms with Crippen molar-refractivity contribution in [3.8, 4) is 5.75 Å². The number of carbonyl (C=O) groups excluding carboxylic acids is 1. The third-order valence-corrected chi connectivity index (χ3v) is 6.39. The highest BCUT2D eigenvalue weighted by molar-refractivity contribution is 6.42. The molecular formula is C25H27Cl2FN4O3. The molecule has 1 saturated heterocycles. The Morgan fingerprint density at radius 2 is 1.89 bits per heavy atom. The van der Waals surface area contributed by atoms with Gasteiger partial charge in [0, 0.05) is 31.3 Å². The Balaban J connectivity index is 1.51. The van der Waals surface area contributed by atoms with Gasteiger partial charge in [-0.25, -0.2) is 19.2 Å². The minimum Gasteiger partial charge on any atom is -0.490 e. The lowest BCUT2D eigenvalue weighted by atomic mass is 10.1. The summed E-state index contributed by atoms with van der Waals surface area (Å²) >= 11 is 11.8. The second-order valence-corrected chi connectivity index (χ2v) is 10.3. The molecule has 2 heterocycles. The molecule has 1 aliphatic heterocycles. The van der Waals surface area contributed by atoms with Gasteiger partial charge in [-0.2, -0.15) is 0 Å². The summed E-state index contributed by atoms with van der Waals surface area (Å²) in [6, 6.07) is 6.77. The zero-order valence-corrected chi connectivity index (χ0v) is 21.5. The smallest absolute Gasteiger partial charge is 0.410 e. The highest BCUT2D eigenvalue weighted by Crippen LogP contribution is 2.34. The van der Waals surface area contributed by atoms with Gasteiger partial charge in [-0.1, -0.05) is 23.2 Å². The molecule has 1 N–H and O–H groups in total. The van der Waals surface area contributed by atoms with Crippen molar-refractivity contribution in [1.29, 1.82) is 0 Å². The summed E-state index contributed by atoms with van der Waals surface area (Å²) in [6.45, 7) is 8.61. The Morgan fingerprint density at radius 1 is 1.17 bits per heavy atom. The van der Waals surface area contributed by atoms with Gasteiger partial charge in [0.25, 0.3) is 0 Å². The fraction of sp³-hybridized carbons (Fsp3) is 0.400. The molecule has 10 heteroatoms. The van der Waals surface area contributed by atoms with Crippen LogP contribution in [0.5, 0.6) is 5.75 Å². The third kappa shape index (κ3) is 5.87. The lowest BCUT2D eigenvalue weighted by Gasteiger charge is -2.33. The van der Waals surface area contributed by atoms with E-state index < -0.39 is 11.4 Å². The molecule has 0 radical (unpaired) electrons. The van der Waals surface area contributed by atoms with Crippen molar-refractivity contribution >= 4 is 51.7 Å². The fourth-order valence-corrected chi connectivity index (χ4v) is 4.14. The van der Waals surface area contributed by atoms with Crippen LogP contribution in [0.25, 0.3) is 10.9 Å². The van der Waals surface area contributed by atoms with Crippen molar-refractivity contribution in [2.75, 3.05) is 18.4 Å². The normalized spacial score (nSPS) is 14.8. The third-order valence-electron chi connectivity index (χ3n) is 5.61. The number of halogens is 3. The molecule has 3 aromatic rings. The number of aromatic nitrogens is 2. The number of fused-ring (bicyclic) bond motifs is 1. The van der Waals surface area contributed by atoms with Gasteiger partial charge in [-0.15, -0.1) is 0 Å². The van der Waals surface area contributed by atoms with E-state index in [1.807, 2.05) is 39.8 Å². The van der Waals surface area contributed by atoms with Gasteiger partial charge in [-0.3, -0.25) is 0 Å². The molecule has 0 saturated carbocycles. The first-order chi connectivity index (χ1) is 16.5. The van der Waals surface area contributed by atoms with E-state index in [-0.39, 0.29) is 27.9 Å². The van der Waals surface area contributed by atoms with Crippen LogP contribution in [0.1, 0.15) is 39.2 Å². The number of carbonyl (C=O) groups is 1. The van der Waals surface area contributed by atoms with Crippen LogP contribution in [0.15, 0.2) is 30.6 Å². The minimum atomic E-state index is -0.661. The van der Waals surface area contributed by atoms with Crippen LogP contribution in [0.4, 0.5) is 20.7 Å². The van der Waals surface area contributed by atoms with Crippen molar-refractivity contribution in [3.05, 3.63) is 52.0 Å². The van der Waals surface area contributed by atoms with E-state index in [1.54, 1.807) is 4.90 Å². The van der Waals surface area contributed by atoms with Crippen LogP contribution in [0.2, 0.25) is 10.0 Å². The number of amides is 1. The first-order valence-corrected chi connectivity index (χ1v) is 12.1. The monoisotopic (exact) mass is 520 g/mol. The quantitative estimate of drug-likeness (QED) is 0.376. The maximum absolute atomic E-state index is 14.6. The number of anilines is 2. The van der Waals surface area contributed by atoms with E-state index in [9.17, 15) is 9.18 Å². The van der Waals surface area contributed by atoms with E-state index in [1.165, 1.54) is 18.5 Å². The zero-order chi connectivity index (χ0) is 25.3. The molecule has 0 spiro atoms. The maximum atomic E-state index is 14.6. The average molecular weight is 521 g/mol. The topological polar surface area (TPSA) is 76.6 Å². The van der Waals surface area contributed by atoms with Gasteiger partial charge < -0.3 is 19.7 Å². The number of aryl methyl sites for hydroxylation is 1. The second kappa shape index (κ2) is 10.0. The summed E-state index contributed by atoms with van der Waals surface area (Å²) in [5.74, 6) is 0.434. The van der Waals surface area contributed by atoms with E-state index in [4.69, 9.17) is 32.7 Å². The van der Waals surface area contributed by atoms with E-state index in [0.717, 1.165) is 5.56 Å². The fourth-order valence-electron chi connectivity index (χ4n) is 3.83. The molecule has 1 aromatic heterocycles. The molecule has 1 aliphatic rings. The van der Waals surface area contributed by atoms with Crippen molar-refractivity contribution in [2.45, 2.75) is 52.2 Å². The number of ether oxygens (including phenoxy) is 2. The lowest BCUT2D eigenvalue weighted by Crippen LogP contribution is -2.44. The minimum absolute atomic E-state index is 0.0570. The predicted octanol–water partition coefficient (Wildman–Crippen LogP) is 6.91. The van der Waals surface area contributed by atoms with E-state index in [0.29, 0.717) is 48.4 Å². The van der Waals surface area contributed by atoms with Crippen LogP contribution >= 0.6 is 23.2 Å². The second-order valence-electron chi connectivity index (χ2n) is 9.49. The molecule has 0 aliphatic carbocycles. The number of hydrogen-bond donors (Lipinski definition) is 1. The van der Waals surface area contributed by atoms with Crippen LogP contribution < -0.4 is 10.1 Å². The summed E-state index contributed by atoms with van der Waals surface area (Å²) in [7, 11) is 0. The highest BCUT2D eigenvalue weighted by Gasteiger charge is 2.28. The van der Waals surface area contributed by atoms with E-state index >= 15 is 0 Å². The lowest BCUT2D eigenvalue weighted by molar-refractivity contribution is 0.0126. The number of hydrogen-bond acceptors (Lipinski definition) is 6. The zero-order valence-electron chi connectivity index (χ0n) is 20.0. The number of benzene rings is 2. The van der Waals surface area contributed by atoms with Gasteiger partial charge in [0.2, 0.25) is 0 Å². The summed E-state index contributed by atoms with van der Waals surface area (Å²) in [4.78, 5) is 22.7. The van der Waals surface area contributed by atoms with Crippen molar-refractivity contribution in [1.82, 2.24) is 14.9 Å². The van der Waals surface area contributed by atoms with Crippen LogP contribution in [0, 0.1) is 12.7 Å². The van der Waals surface area contributed by atoms with Gasteiger partial charge in [0.1, 0.15) is 29.6 Å². The molecule has 0 unspecified atom stereocenters. The Morgan fingerprint density at radius 3 is 2.57 bits per heavy atom. The van der Waals surface area contributed by atoms with Gasteiger partial charge in [-0.05, 0) is 57.5 Å². The first-order valence-electron chi connectivity index (χ1n) is 11.3. The SMILES string of the molecule is Cc1cc2ncnc(Nc3ccc(Cl)c(Cl)c3F)c2cc1OC1CCN(C(=O)OC(C)(C)C)CC1. The number of nitrogens with zero attached hydrogens (tertiary/aromatic N) is 3. The summed E-state index contributed by atoms with van der Waals surface area (Å²) in [5.41, 5.74) is 1.22. The highest BCUT2D eigenvalue weighted by atomic mass is 35.5. The molecule has 2 aromatic carbocycles. The molecule has 7 nitrogen and oxygen atoms in total. The van der Waals surface area contributed by atoms with Gasteiger partial charge in [0.15, 0.2) is 5.82 Å². The Bertz CT molecular complexity index is 1260. The van der Waals surface area contributed by atoms with Crippen LogP contribution in [0.3, 0.4) is 0 Å². The Hall–Kier alpha value is -2.84. The number of rotatable bonds is 4. The standard InChI is InChI=1S/C25H27Cl2FN4O3/c1-14-11-19-16(23(30-13-29-19)31-18-6-5-17(26)21(27)22(18)28)12-20(14)34-15-7-9-32(10-8-15)24(33)35-25(2,3)4/h5-6,11-13,15H,7-10H2,1-4H3,(H,29,30,31). The number of likely N-dealkylation sites (tertiary alicyclic amines) is 1. The van der Waals surface area contributed by atoms with Crippen molar-refractivity contribution in [3.63, 3.8) is 0 Å². The predicted molar refractivity (Wildman–Crippen MR) is 135 cm³/mol. The Labute approximate surface area is 213 Å². The number of piperidine rings is 1. The molecular weight excluding hydrogens is 494 g/mol. The van der Waals surface area contributed by atoms with E-state index in [2.05, 4.69) is 15.3 Å². The molecule has 0 bridgehead atoms. The molecule has 1 amide bonds. The van der Waals surface area contributed by atoms with Crippen LogP contribution in [-0.2, 0) is 4.74 Å². The molecule has 186 valence electrons. The summed E-state index contributed by atoms with van der Waals surface area (Å²) in [6.07, 6.45) is 2.41. The molecule has 0 atom stereocenters. The molecule has 4 rings (SSSR count). The summed E-state index contributed by atoms with van der Waals surface area (Å²) < 4.78 is 26.4. The molecule has 35 heavy (non-hydrogen) atoms. The van der Waals surface area contributed by atoms with Crippen molar-refractivity contribution in [2.24, 2.45) is 0 Å². The first kappa shape index (κ1) is 25.3. The van der Waals surface area contributed by atoms with Gasteiger partial charge in [0.05, 0.1) is 21.2 Å². The van der Waals surface area contributed by atoms with Crippen molar-refractivity contribution < 1.29 is 18.7 Å². The maximum Gasteiger partial charge on any atom is 0.410 e. The largest absolute Gasteiger partial charge is 0.490 e. The molecule has 1 fully saturated rings. The number of nitrogens with one attached hydrogen (secondary N) is 1. The van der Waals surface area contributed by atoms with Gasteiger partial charge >= 0.3 is 6.09 Å². The Kier molecular flexibility index (Phi) is 7.24. The van der Waals surface area contributed by atoms with Crippen LogP contribution in [-0.4, -0.2) is 45.8 Å².